The molecule has 1 aliphatic heterocycles. The van der Waals surface area contributed by atoms with E-state index in [-0.39, 0.29) is 18.2 Å². The van der Waals surface area contributed by atoms with Crippen molar-refractivity contribution in [3.05, 3.63) is 71.7 Å². The van der Waals surface area contributed by atoms with Gasteiger partial charge in [-0.05, 0) is 31.2 Å². The number of nitrogens with one attached hydrogen (secondary N) is 1. The highest BCUT2D eigenvalue weighted by Gasteiger charge is 2.49. The maximum atomic E-state index is 14.6. The first-order valence-electron chi connectivity index (χ1n) is 11.1. The fourth-order valence-corrected chi connectivity index (χ4v) is 5.83. The average Bonchev–Trinajstić information content (AvgIpc) is 3.19. The van der Waals surface area contributed by atoms with E-state index in [0.717, 1.165) is 30.7 Å². The standard InChI is InChI=1S/C23H18F7N5O3S.H2/c1-11-16(25)6-20(35(11)39(37,38)14-2-3-15(24)17(26)5-14)21(36)32-7-12-4-19(31-10-18(12)27)13-8-33-22(34-9-13)23(28,29)30;/h2-5,8-11,16,20H,6-7H2,1H3,(H,32,36);1H/t11-,16+,20-;/m0./s1. The molecule has 0 spiro atoms. The van der Waals surface area contributed by atoms with Gasteiger partial charge in [0.05, 0.1) is 22.8 Å². The first-order valence-corrected chi connectivity index (χ1v) is 12.6. The van der Waals surface area contributed by atoms with E-state index < -0.39 is 81.5 Å². The van der Waals surface area contributed by atoms with E-state index in [1.165, 1.54) is 6.92 Å². The molecule has 0 radical (unpaired) electrons. The van der Waals surface area contributed by atoms with Crippen molar-refractivity contribution in [1.82, 2.24) is 24.6 Å². The highest BCUT2D eigenvalue weighted by atomic mass is 32.2. The first kappa shape index (κ1) is 28.4. The molecule has 1 aromatic carbocycles. The molecule has 0 bridgehead atoms. The molecule has 210 valence electrons. The Morgan fingerprint density at radius 3 is 2.33 bits per heavy atom. The van der Waals surface area contributed by atoms with Crippen LogP contribution >= 0.6 is 0 Å². The van der Waals surface area contributed by atoms with Crippen molar-refractivity contribution >= 4 is 15.9 Å². The van der Waals surface area contributed by atoms with Crippen molar-refractivity contribution < 1.29 is 45.4 Å². The van der Waals surface area contributed by atoms with Gasteiger partial charge in [-0.2, -0.15) is 17.5 Å². The maximum Gasteiger partial charge on any atom is 0.451 e. The molecule has 3 atom stereocenters. The van der Waals surface area contributed by atoms with E-state index in [9.17, 15) is 43.9 Å². The van der Waals surface area contributed by atoms with Gasteiger partial charge in [0.2, 0.25) is 21.8 Å². The van der Waals surface area contributed by atoms with Crippen molar-refractivity contribution in [2.75, 3.05) is 0 Å². The summed E-state index contributed by atoms with van der Waals surface area (Å²) in [6.07, 6.45) is -4.68. The van der Waals surface area contributed by atoms with E-state index in [1.54, 1.807) is 0 Å². The van der Waals surface area contributed by atoms with E-state index >= 15 is 0 Å². The van der Waals surface area contributed by atoms with Crippen LogP contribution in [0, 0.1) is 17.5 Å². The SMILES string of the molecule is C[C@H]1[C@H](F)C[C@@H](C(=O)NCc2cc(-c3cnc(C(F)(F)F)nc3)ncc2F)N1S(=O)(=O)c1ccc(F)c(F)c1.[HH]. The lowest BCUT2D eigenvalue weighted by atomic mass is 10.1. The third kappa shape index (κ3) is 5.71. The second kappa shape index (κ2) is 10.5. The number of hydrogen-bond acceptors (Lipinski definition) is 6. The number of rotatable bonds is 6. The van der Waals surface area contributed by atoms with Gasteiger partial charge in [-0.15, -0.1) is 0 Å². The Morgan fingerprint density at radius 2 is 1.72 bits per heavy atom. The molecule has 39 heavy (non-hydrogen) atoms. The molecule has 0 saturated carbocycles. The fourth-order valence-electron chi connectivity index (χ4n) is 4.01. The van der Waals surface area contributed by atoms with Gasteiger partial charge in [0.15, 0.2) is 11.6 Å². The van der Waals surface area contributed by atoms with Crippen LogP contribution in [0.2, 0.25) is 0 Å². The van der Waals surface area contributed by atoms with E-state index in [4.69, 9.17) is 0 Å². The van der Waals surface area contributed by atoms with E-state index in [1.807, 2.05) is 0 Å². The topological polar surface area (TPSA) is 105 Å². The molecule has 0 aliphatic carbocycles. The van der Waals surface area contributed by atoms with E-state index in [2.05, 4.69) is 20.3 Å². The monoisotopic (exact) mass is 579 g/mol. The van der Waals surface area contributed by atoms with Crippen LogP contribution < -0.4 is 5.32 Å². The number of aromatic nitrogens is 3. The minimum absolute atomic E-state index is 0. The predicted molar refractivity (Wildman–Crippen MR) is 122 cm³/mol. The van der Waals surface area contributed by atoms with Gasteiger partial charge in [0, 0.05) is 37.9 Å². The van der Waals surface area contributed by atoms with Crippen LogP contribution in [0.4, 0.5) is 30.7 Å². The lowest BCUT2D eigenvalue weighted by molar-refractivity contribution is -0.145. The van der Waals surface area contributed by atoms with Crippen molar-refractivity contribution in [2.24, 2.45) is 0 Å². The number of hydrogen-bond donors (Lipinski definition) is 1. The number of carbonyl (C=O) groups excluding carboxylic acids is 1. The number of halogens is 7. The summed E-state index contributed by atoms with van der Waals surface area (Å²) < 4.78 is 121. The lowest BCUT2D eigenvalue weighted by Gasteiger charge is -2.27. The number of alkyl halides is 4. The Morgan fingerprint density at radius 1 is 1.05 bits per heavy atom. The summed E-state index contributed by atoms with van der Waals surface area (Å²) in [6, 6.07) is -0.0387. The molecule has 1 saturated heterocycles. The summed E-state index contributed by atoms with van der Waals surface area (Å²) in [5.74, 6) is -6.04. The van der Waals surface area contributed by atoms with Crippen molar-refractivity contribution in [2.45, 2.75) is 49.2 Å². The zero-order valence-corrected chi connectivity index (χ0v) is 20.6. The van der Waals surface area contributed by atoms with E-state index in [0.29, 0.717) is 16.4 Å². The normalized spacial score (nSPS) is 20.3. The molecule has 16 heteroatoms. The average molecular weight is 579 g/mol. The Labute approximate surface area is 218 Å². The van der Waals surface area contributed by atoms with Crippen LogP contribution in [-0.4, -0.2) is 51.8 Å². The van der Waals surface area contributed by atoms with Gasteiger partial charge in [0.1, 0.15) is 18.0 Å². The highest BCUT2D eigenvalue weighted by molar-refractivity contribution is 7.89. The molecule has 1 fully saturated rings. The maximum absolute atomic E-state index is 14.6. The molecule has 0 unspecified atom stereocenters. The van der Waals surface area contributed by atoms with Gasteiger partial charge in [-0.3, -0.25) is 9.78 Å². The van der Waals surface area contributed by atoms with Gasteiger partial charge in [-0.1, -0.05) is 0 Å². The Hall–Kier alpha value is -3.66. The molecule has 4 rings (SSSR count). The third-order valence-corrected chi connectivity index (χ3v) is 8.03. The van der Waals surface area contributed by atoms with Crippen LogP contribution in [0.3, 0.4) is 0 Å². The van der Waals surface area contributed by atoms with Gasteiger partial charge < -0.3 is 5.32 Å². The smallest absolute Gasteiger partial charge is 0.351 e. The summed E-state index contributed by atoms with van der Waals surface area (Å²) in [6.45, 7) is 0.679. The van der Waals surface area contributed by atoms with Crippen LogP contribution in [0.1, 0.15) is 26.2 Å². The Bertz CT molecular complexity index is 1510. The quantitative estimate of drug-likeness (QED) is 0.443. The lowest BCUT2D eigenvalue weighted by Crippen LogP contribution is -2.48. The van der Waals surface area contributed by atoms with Crippen LogP contribution in [0.5, 0.6) is 0 Å². The van der Waals surface area contributed by atoms with Crippen molar-refractivity contribution in [3.63, 3.8) is 0 Å². The minimum Gasteiger partial charge on any atom is -0.351 e. The van der Waals surface area contributed by atoms with Crippen molar-refractivity contribution in [3.8, 4) is 11.3 Å². The van der Waals surface area contributed by atoms with Crippen LogP contribution in [0.25, 0.3) is 11.3 Å². The van der Waals surface area contributed by atoms with Gasteiger partial charge in [0.25, 0.3) is 0 Å². The zero-order valence-electron chi connectivity index (χ0n) is 19.8. The summed E-state index contributed by atoms with van der Waals surface area (Å²) in [5, 5.41) is 2.31. The molecule has 8 nitrogen and oxygen atoms in total. The highest BCUT2D eigenvalue weighted by Crippen LogP contribution is 2.34. The molecular weight excluding hydrogens is 559 g/mol. The van der Waals surface area contributed by atoms with Crippen LogP contribution in [0.15, 0.2) is 47.8 Å². The Kier molecular flexibility index (Phi) is 7.62. The van der Waals surface area contributed by atoms with Crippen molar-refractivity contribution in [1.29, 1.82) is 0 Å². The largest absolute Gasteiger partial charge is 0.451 e. The first-order chi connectivity index (χ1) is 18.2. The molecule has 1 N–H and O–H groups in total. The molecule has 3 aromatic rings. The summed E-state index contributed by atoms with van der Waals surface area (Å²) in [5.41, 5.74) is -0.175. The summed E-state index contributed by atoms with van der Waals surface area (Å²) in [4.78, 5) is 22.4. The molecule has 1 amide bonds. The number of pyridine rings is 1. The fraction of sp³-hybridized carbons (Fsp3) is 0.304. The third-order valence-electron chi connectivity index (χ3n) is 6.04. The summed E-state index contributed by atoms with van der Waals surface area (Å²) >= 11 is 0. The number of carbonyl (C=O) groups is 1. The number of nitrogens with zero attached hydrogens (tertiary/aromatic N) is 4. The second-order valence-corrected chi connectivity index (χ2v) is 10.4. The number of sulfonamides is 1. The minimum atomic E-state index is -4.77. The van der Waals surface area contributed by atoms with Crippen LogP contribution in [-0.2, 0) is 27.5 Å². The number of benzene rings is 1. The zero-order chi connectivity index (χ0) is 28.7. The molecule has 3 heterocycles. The second-order valence-electron chi connectivity index (χ2n) is 8.59. The predicted octanol–water partition coefficient (Wildman–Crippen LogP) is 4.03. The molecule has 1 aliphatic rings. The summed E-state index contributed by atoms with van der Waals surface area (Å²) in [7, 11) is -4.65. The Balaban J connectivity index is 0.00000441. The van der Waals surface area contributed by atoms with Gasteiger partial charge in [-0.25, -0.2) is 35.9 Å². The number of amides is 1. The molecular formula is C23H20F7N5O3S. The van der Waals surface area contributed by atoms with Gasteiger partial charge >= 0.3 is 6.18 Å². The molecule has 2 aromatic heterocycles.